The Morgan fingerprint density at radius 1 is 1.04 bits per heavy atom. The van der Waals surface area contributed by atoms with E-state index in [4.69, 9.17) is 0 Å². The number of amides is 3. The van der Waals surface area contributed by atoms with Gasteiger partial charge in [-0.3, -0.25) is 19.3 Å². The fraction of sp³-hybridized carbons (Fsp3) is 0.450. The Labute approximate surface area is 147 Å². The summed E-state index contributed by atoms with van der Waals surface area (Å²) in [6, 6.07) is 8.67. The fourth-order valence-corrected chi connectivity index (χ4v) is 4.58. The van der Waals surface area contributed by atoms with Gasteiger partial charge in [0.25, 0.3) is 0 Å². The highest BCUT2D eigenvalue weighted by Gasteiger charge is 2.60. The number of hydrogen-bond donors (Lipinski definition) is 1. The number of carbonyl (C=O) groups is 3. The number of allylic oxidation sites excluding steroid dienone is 2. The maximum absolute atomic E-state index is 12.8. The van der Waals surface area contributed by atoms with Gasteiger partial charge in [-0.25, -0.2) is 0 Å². The van der Waals surface area contributed by atoms with Crippen molar-refractivity contribution in [1.29, 1.82) is 0 Å². The van der Waals surface area contributed by atoms with Crippen molar-refractivity contribution < 1.29 is 14.4 Å². The van der Waals surface area contributed by atoms with Crippen LogP contribution in [0.1, 0.15) is 31.9 Å². The topological polar surface area (TPSA) is 66.5 Å². The number of benzene rings is 1. The van der Waals surface area contributed by atoms with Crippen molar-refractivity contribution in [3.05, 3.63) is 48.0 Å². The Balaban J connectivity index is 1.48. The number of fused-ring (bicyclic) bond motifs is 5. The molecule has 1 heterocycles. The molecular weight excluding hydrogens is 316 g/mol. The number of nitrogens with zero attached hydrogens (tertiary/aromatic N) is 1. The first-order valence-electron chi connectivity index (χ1n) is 8.89. The summed E-state index contributed by atoms with van der Waals surface area (Å²) in [5, 5.41) is 2.92. The van der Waals surface area contributed by atoms with Crippen LogP contribution in [0.25, 0.3) is 0 Å². The van der Waals surface area contributed by atoms with Crippen LogP contribution in [0.3, 0.4) is 0 Å². The lowest BCUT2D eigenvalue weighted by atomic mass is 9.85. The third-order valence-electron chi connectivity index (χ3n) is 5.93. The summed E-state index contributed by atoms with van der Waals surface area (Å²) in [7, 11) is 0. The molecular formula is C20H22N2O3. The molecule has 3 amide bonds. The number of nitrogens with one attached hydrogen (secondary N) is 1. The van der Waals surface area contributed by atoms with E-state index in [1.807, 2.05) is 37.3 Å². The summed E-state index contributed by atoms with van der Waals surface area (Å²) in [5.74, 6) is -0.847. The van der Waals surface area contributed by atoms with E-state index in [1.54, 1.807) is 6.92 Å². The van der Waals surface area contributed by atoms with E-state index >= 15 is 0 Å². The lowest BCUT2D eigenvalue weighted by molar-refractivity contribution is -0.148. The van der Waals surface area contributed by atoms with Crippen molar-refractivity contribution in [1.82, 2.24) is 10.2 Å². The van der Waals surface area contributed by atoms with Gasteiger partial charge in [0.1, 0.15) is 6.04 Å². The van der Waals surface area contributed by atoms with E-state index in [0.29, 0.717) is 0 Å². The van der Waals surface area contributed by atoms with E-state index in [9.17, 15) is 14.4 Å². The SMILES string of the molecule is C[C@@H](NC(=O)[C@H](C)N1C(=O)[C@@H]2[C@@H](C1=O)[C@H]1C=C[C@H]2C1)c1ccccc1. The normalized spacial score (nSPS) is 32.0. The first-order chi connectivity index (χ1) is 12.0. The highest BCUT2D eigenvalue weighted by molar-refractivity contribution is 6.09. The molecule has 1 saturated heterocycles. The Morgan fingerprint density at radius 3 is 2.16 bits per heavy atom. The van der Waals surface area contributed by atoms with Gasteiger partial charge in [-0.05, 0) is 37.7 Å². The van der Waals surface area contributed by atoms with Crippen LogP contribution in [0.5, 0.6) is 0 Å². The van der Waals surface area contributed by atoms with E-state index in [2.05, 4.69) is 17.5 Å². The molecule has 5 nitrogen and oxygen atoms in total. The zero-order chi connectivity index (χ0) is 17.7. The van der Waals surface area contributed by atoms with Gasteiger partial charge in [0.2, 0.25) is 17.7 Å². The minimum atomic E-state index is -0.781. The van der Waals surface area contributed by atoms with Crippen molar-refractivity contribution in [2.75, 3.05) is 0 Å². The number of carbonyl (C=O) groups excluding carboxylic acids is 3. The van der Waals surface area contributed by atoms with Crippen LogP contribution >= 0.6 is 0 Å². The molecule has 2 fully saturated rings. The molecule has 1 aliphatic heterocycles. The summed E-state index contributed by atoms with van der Waals surface area (Å²) in [6.07, 6.45) is 5.01. The molecule has 5 heteroatoms. The fourth-order valence-electron chi connectivity index (χ4n) is 4.58. The number of hydrogen-bond acceptors (Lipinski definition) is 3. The van der Waals surface area contributed by atoms with E-state index < -0.39 is 6.04 Å². The quantitative estimate of drug-likeness (QED) is 0.675. The molecule has 0 radical (unpaired) electrons. The third kappa shape index (κ3) is 2.41. The second-order valence-electron chi connectivity index (χ2n) is 7.36. The van der Waals surface area contributed by atoms with Gasteiger partial charge in [0.15, 0.2) is 0 Å². The van der Waals surface area contributed by atoms with Gasteiger partial charge in [-0.2, -0.15) is 0 Å². The molecule has 6 atom stereocenters. The molecule has 1 saturated carbocycles. The molecule has 0 aromatic heterocycles. The Hall–Kier alpha value is -2.43. The van der Waals surface area contributed by atoms with Crippen molar-refractivity contribution in [3.8, 4) is 0 Å². The number of imide groups is 1. The standard InChI is InChI=1S/C20H22N2O3/c1-11(13-6-4-3-5-7-13)21-18(23)12(2)22-19(24)16-14-8-9-15(10-14)17(16)20(22)25/h3-9,11-12,14-17H,10H2,1-2H3,(H,21,23)/t11-,12+,14+,15+,16+,17+/m1/s1. The summed E-state index contributed by atoms with van der Waals surface area (Å²) >= 11 is 0. The molecule has 130 valence electrons. The summed E-state index contributed by atoms with van der Waals surface area (Å²) in [6.45, 7) is 3.53. The summed E-state index contributed by atoms with van der Waals surface area (Å²) in [4.78, 5) is 39.4. The van der Waals surface area contributed by atoms with Crippen LogP contribution in [0.2, 0.25) is 0 Å². The molecule has 3 aliphatic rings. The predicted octanol–water partition coefficient (Wildman–Crippen LogP) is 2.06. The molecule has 0 unspecified atom stereocenters. The first-order valence-corrected chi connectivity index (χ1v) is 8.89. The first kappa shape index (κ1) is 16.1. The highest BCUT2D eigenvalue weighted by Crippen LogP contribution is 2.52. The van der Waals surface area contributed by atoms with Crippen LogP contribution in [0, 0.1) is 23.7 Å². The largest absolute Gasteiger partial charge is 0.348 e. The van der Waals surface area contributed by atoms with Crippen molar-refractivity contribution in [2.45, 2.75) is 32.4 Å². The molecule has 25 heavy (non-hydrogen) atoms. The van der Waals surface area contributed by atoms with Gasteiger partial charge in [-0.15, -0.1) is 0 Å². The average molecular weight is 338 g/mol. The minimum Gasteiger partial charge on any atom is -0.348 e. The van der Waals surface area contributed by atoms with Crippen LogP contribution in [0.15, 0.2) is 42.5 Å². The lowest BCUT2D eigenvalue weighted by Crippen LogP contribution is -2.49. The average Bonchev–Trinajstić information content (AvgIpc) is 3.29. The Morgan fingerprint density at radius 2 is 1.60 bits per heavy atom. The van der Waals surface area contributed by atoms with Crippen LogP contribution in [0.4, 0.5) is 0 Å². The molecule has 2 aliphatic carbocycles. The van der Waals surface area contributed by atoms with Gasteiger partial charge < -0.3 is 5.32 Å². The second-order valence-corrected chi connectivity index (χ2v) is 7.36. The van der Waals surface area contributed by atoms with E-state index in [0.717, 1.165) is 12.0 Å². The zero-order valence-electron chi connectivity index (χ0n) is 14.4. The maximum atomic E-state index is 12.8. The van der Waals surface area contributed by atoms with Gasteiger partial charge in [-0.1, -0.05) is 42.5 Å². The molecule has 0 spiro atoms. The Kier molecular flexibility index (Phi) is 3.74. The van der Waals surface area contributed by atoms with Crippen LogP contribution in [-0.2, 0) is 14.4 Å². The smallest absolute Gasteiger partial charge is 0.243 e. The molecule has 1 N–H and O–H groups in total. The van der Waals surface area contributed by atoms with Crippen LogP contribution in [-0.4, -0.2) is 28.7 Å². The number of likely N-dealkylation sites (tertiary alicyclic amines) is 1. The molecule has 2 bridgehead atoms. The number of rotatable bonds is 4. The predicted molar refractivity (Wildman–Crippen MR) is 92.0 cm³/mol. The molecule has 1 aromatic carbocycles. The lowest BCUT2D eigenvalue weighted by Gasteiger charge is -2.25. The van der Waals surface area contributed by atoms with Crippen LogP contribution < -0.4 is 5.32 Å². The maximum Gasteiger partial charge on any atom is 0.243 e. The van der Waals surface area contributed by atoms with E-state index in [1.165, 1.54) is 4.90 Å². The second kappa shape index (κ2) is 5.83. The summed E-state index contributed by atoms with van der Waals surface area (Å²) < 4.78 is 0. The summed E-state index contributed by atoms with van der Waals surface area (Å²) in [5.41, 5.74) is 0.987. The third-order valence-corrected chi connectivity index (χ3v) is 5.93. The van der Waals surface area contributed by atoms with Crippen molar-refractivity contribution in [2.24, 2.45) is 23.7 Å². The highest BCUT2D eigenvalue weighted by atomic mass is 16.2. The van der Waals surface area contributed by atoms with Gasteiger partial charge >= 0.3 is 0 Å². The zero-order valence-corrected chi connectivity index (χ0v) is 14.4. The molecule has 4 rings (SSSR count). The van der Waals surface area contributed by atoms with Crippen molar-refractivity contribution in [3.63, 3.8) is 0 Å². The van der Waals surface area contributed by atoms with E-state index in [-0.39, 0.29) is 47.4 Å². The molecule has 1 aromatic rings. The van der Waals surface area contributed by atoms with Crippen molar-refractivity contribution >= 4 is 17.7 Å². The monoisotopic (exact) mass is 338 g/mol. The van der Waals surface area contributed by atoms with Gasteiger partial charge in [0.05, 0.1) is 17.9 Å². The van der Waals surface area contributed by atoms with Gasteiger partial charge in [0, 0.05) is 0 Å². The Bertz CT molecular complexity index is 727. The minimum absolute atomic E-state index is 0.162.